The molecule has 44 heavy (non-hydrogen) atoms. The summed E-state index contributed by atoms with van der Waals surface area (Å²) in [6.45, 7) is 1.68. The minimum absolute atomic E-state index is 0.112. The molecule has 11 heteroatoms. The molecular formula is C33H32BrN5O5. The molecule has 4 aromatic carbocycles. The molecule has 0 spiro atoms. The van der Waals surface area contributed by atoms with Crippen LogP contribution >= 0.6 is 15.9 Å². The number of amides is 4. The van der Waals surface area contributed by atoms with Gasteiger partial charge in [-0.2, -0.15) is 0 Å². The van der Waals surface area contributed by atoms with Crippen LogP contribution in [0, 0.1) is 0 Å². The van der Waals surface area contributed by atoms with Crippen molar-refractivity contribution >= 4 is 61.7 Å². The fourth-order valence-electron chi connectivity index (χ4n) is 5.27. The predicted octanol–water partition coefficient (Wildman–Crippen LogP) is 4.00. The maximum absolute atomic E-state index is 14.4. The smallest absolute Gasteiger partial charge is 0.258 e. The van der Waals surface area contributed by atoms with E-state index >= 15 is 0 Å². The Morgan fingerprint density at radius 1 is 1.00 bits per heavy atom. The van der Waals surface area contributed by atoms with E-state index in [1.165, 1.54) is 29.2 Å². The number of carbonyl (C=O) groups is 4. The molecule has 2 unspecified atom stereocenters. The third-order valence-electron chi connectivity index (χ3n) is 7.78. The minimum Gasteiger partial charge on any atom is -0.496 e. The maximum atomic E-state index is 14.4. The highest BCUT2D eigenvalue weighted by Gasteiger charge is 2.38. The van der Waals surface area contributed by atoms with E-state index in [0.717, 1.165) is 20.8 Å². The van der Waals surface area contributed by atoms with Crippen molar-refractivity contribution in [2.45, 2.75) is 25.6 Å². The molecule has 10 nitrogen and oxygen atoms in total. The quantitative estimate of drug-likeness (QED) is 0.262. The second-order valence-electron chi connectivity index (χ2n) is 10.5. The van der Waals surface area contributed by atoms with Crippen LogP contribution in [0.15, 0.2) is 83.3 Å². The fourth-order valence-corrected chi connectivity index (χ4v) is 5.65. The molecule has 1 aliphatic heterocycles. The Hall–Kier alpha value is -4.74. The van der Waals surface area contributed by atoms with Crippen LogP contribution < -0.4 is 30.9 Å². The van der Waals surface area contributed by atoms with Gasteiger partial charge in [0, 0.05) is 21.2 Å². The molecule has 5 rings (SSSR count). The normalized spacial score (nSPS) is 15.4. The highest BCUT2D eigenvalue weighted by Crippen LogP contribution is 2.38. The zero-order valence-electron chi connectivity index (χ0n) is 24.5. The number of nitrogens with zero attached hydrogens (tertiary/aromatic N) is 2. The van der Waals surface area contributed by atoms with Crippen LogP contribution in [0.4, 0.5) is 11.4 Å². The summed E-state index contributed by atoms with van der Waals surface area (Å²) in [5.41, 5.74) is 7.71. The van der Waals surface area contributed by atoms with Crippen LogP contribution in [0.1, 0.15) is 33.2 Å². The van der Waals surface area contributed by atoms with E-state index in [4.69, 9.17) is 10.5 Å². The van der Waals surface area contributed by atoms with Gasteiger partial charge in [0.05, 0.1) is 37.6 Å². The van der Waals surface area contributed by atoms with E-state index in [9.17, 15) is 19.2 Å². The lowest BCUT2D eigenvalue weighted by Gasteiger charge is -2.27. The number of anilines is 2. The lowest BCUT2D eigenvalue weighted by atomic mass is 10.0. The second kappa shape index (κ2) is 12.9. The number of halogens is 1. The largest absolute Gasteiger partial charge is 0.496 e. The Balaban J connectivity index is 1.64. The second-order valence-corrected chi connectivity index (χ2v) is 11.4. The molecule has 4 N–H and O–H groups in total. The van der Waals surface area contributed by atoms with E-state index in [-0.39, 0.29) is 30.5 Å². The van der Waals surface area contributed by atoms with Crippen LogP contribution in [0.5, 0.6) is 5.75 Å². The van der Waals surface area contributed by atoms with Crippen molar-refractivity contribution in [2.24, 2.45) is 5.73 Å². The Bertz CT molecular complexity index is 1760. The Kier molecular flexibility index (Phi) is 8.98. The minimum atomic E-state index is -1.07. The molecule has 0 saturated carbocycles. The lowest BCUT2D eigenvalue weighted by molar-refractivity contribution is -0.128. The van der Waals surface area contributed by atoms with Gasteiger partial charge >= 0.3 is 0 Å². The van der Waals surface area contributed by atoms with Crippen LogP contribution in [0.2, 0.25) is 0 Å². The molecular weight excluding hydrogens is 626 g/mol. The number of ether oxygens (including phenoxy) is 1. The molecule has 4 amide bonds. The van der Waals surface area contributed by atoms with Crippen LogP contribution in [-0.4, -0.2) is 56.4 Å². The van der Waals surface area contributed by atoms with Crippen molar-refractivity contribution in [1.82, 2.24) is 10.6 Å². The molecule has 2 atom stereocenters. The summed E-state index contributed by atoms with van der Waals surface area (Å²) in [6.07, 6.45) is 0. The highest BCUT2D eigenvalue weighted by atomic mass is 79.9. The van der Waals surface area contributed by atoms with E-state index in [0.29, 0.717) is 22.7 Å². The molecule has 1 aliphatic rings. The zero-order chi connectivity index (χ0) is 31.5. The number of nitrogens with one attached hydrogen (secondary N) is 2. The number of carbonyl (C=O) groups excluding carboxylic acids is 4. The predicted molar refractivity (Wildman–Crippen MR) is 173 cm³/mol. The number of primary amides is 1. The molecule has 1 heterocycles. The fraction of sp³-hybridized carbons (Fsp3) is 0.212. The lowest BCUT2D eigenvalue weighted by Crippen LogP contribution is -2.55. The van der Waals surface area contributed by atoms with Gasteiger partial charge in [0.2, 0.25) is 11.8 Å². The first kappa shape index (κ1) is 30.7. The summed E-state index contributed by atoms with van der Waals surface area (Å²) >= 11 is 3.53. The molecule has 4 aromatic rings. The van der Waals surface area contributed by atoms with E-state index in [1.54, 1.807) is 50.2 Å². The molecule has 0 radical (unpaired) electrons. The van der Waals surface area contributed by atoms with Gasteiger partial charge in [0.15, 0.2) is 0 Å². The van der Waals surface area contributed by atoms with Crippen molar-refractivity contribution in [3.05, 3.63) is 100 Å². The van der Waals surface area contributed by atoms with Crippen molar-refractivity contribution in [3.63, 3.8) is 0 Å². The van der Waals surface area contributed by atoms with Crippen molar-refractivity contribution in [3.8, 4) is 5.75 Å². The first-order valence-electron chi connectivity index (χ1n) is 14.0. The van der Waals surface area contributed by atoms with Crippen molar-refractivity contribution in [2.75, 3.05) is 30.5 Å². The number of hydrogen-bond donors (Lipinski definition) is 3. The molecule has 0 fully saturated rings. The molecule has 0 aliphatic carbocycles. The van der Waals surface area contributed by atoms with Crippen molar-refractivity contribution in [1.29, 1.82) is 0 Å². The Labute approximate surface area is 263 Å². The van der Waals surface area contributed by atoms with Crippen LogP contribution in [-0.2, 0) is 16.1 Å². The van der Waals surface area contributed by atoms with Gasteiger partial charge in [-0.05, 0) is 79.3 Å². The number of nitrogens with two attached hydrogens (primary N) is 1. The number of para-hydroxylation sites is 2. The van der Waals surface area contributed by atoms with Crippen molar-refractivity contribution < 1.29 is 23.9 Å². The Morgan fingerprint density at radius 3 is 2.34 bits per heavy atom. The highest BCUT2D eigenvalue weighted by molar-refractivity contribution is 9.10. The first-order chi connectivity index (χ1) is 21.1. The number of hydrogen-bond acceptors (Lipinski definition) is 6. The number of rotatable bonds is 8. The van der Waals surface area contributed by atoms with E-state index in [2.05, 4.69) is 26.6 Å². The molecule has 0 aromatic heterocycles. The average molecular weight is 659 g/mol. The molecule has 0 saturated heterocycles. The van der Waals surface area contributed by atoms with Crippen LogP contribution in [0.25, 0.3) is 10.8 Å². The van der Waals surface area contributed by atoms with Gasteiger partial charge in [-0.15, -0.1) is 0 Å². The van der Waals surface area contributed by atoms with Gasteiger partial charge in [-0.3, -0.25) is 19.2 Å². The standard InChI is InChI=1S/C33H32BrN5O5/c1-19(36-2)31(41)37-26-18-39(32(42)21-10-8-20(9-11-21)30(35)40)28-7-5-4-6-27(28)38(33(26)43)17-25-24-14-13-23(34)16-22(24)12-15-29(25)44-3/h4-16,19,26,36H,17-18H2,1-3H3,(H2,35,40)(H,37,41). The zero-order valence-corrected chi connectivity index (χ0v) is 26.1. The van der Waals surface area contributed by atoms with Gasteiger partial charge < -0.3 is 30.9 Å². The Morgan fingerprint density at radius 2 is 1.68 bits per heavy atom. The molecule has 0 bridgehead atoms. The monoisotopic (exact) mass is 657 g/mol. The summed E-state index contributed by atoms with van der Waals surface area (Å²) in [5, 5.41) is 7.60. The molecule has 226 valence electrons. The third kappa shape index (κ3) is 6.01. The van der Waals surface area contributed by atoms with E-state index in [1.807, 2.05) is 30.3 Å². The SMILES string of the molecule is CNC(C)C(=O)NC1CN(C(=O)c2ccc(C(N)=O)cc2)c2ccccc2N(Cc2c(OC)ccc3cc(Br)ccc23)C1=O. The van der Waals surface area contributed by atoms with Gasteiger partial charge in [-0.1, -0.05) is 40.2 Å². The summed E-state index contributed by atoms with van der Waals surface area (Å²) in [4.78, 5) is 56.2. The summed E-state index contributed by atoms with van der Waals surface area (Å²) < 4.78 is 6.65. The van der Waals surface area contributed by atoms with Gasteiger partial charge in [0.1, 0.15) is 11.8 Å². The topological polar surface area (TPSA) is 134 Å². The van der Waals surface area contributed by atoms with Crippen LogP contribution in [0.3, 0.4) is 0 Å². The van der Waals surface area contributed by atoms with Gasteiger partial charge in [0.25, 0.3) is 11.8 Å². The summed E-state index contributed by atoms with van der Waals surface area (Å²) in [5.74, 6) is -1.19. The average Bonchev–Trinajstić information content (AvgIpc) is 3.14. The number of benzene rings is 4. The summed E-state index contributed by atoms with van der Waals surface area (Å²) in [7, 11) is 3.23. The maximum Gasteiger partial charge on any atom is 0.258 e. The third-order valence-corrected chi connectivity index (χ3v) is 8.28. The number of fused-ring (bicyclic) bond motifs is 2. The summed E-state index contributed by atoms with van der Waals surface area (Å²) in [6, 6.07) is 21.2. The number of likely N-dealkylation sites (N-methyl/N-ethyl adjacent to an activating group) is 1. The van der Waals surface area contributed by atoms with E-state index < -0.39 is 23.9 Å². The van der Waals surface area contributed by atoms with Gasteiger partial charge in [-0.25, -0.2) is 0 Å². The first-order valence-corrected chi connectivity index (χ1v) is 14.8. The number of methoxy groups -OCH3 is 1.